The summed E-state index contributed by atoms with van der Waals surface area (Å²) in [7, 11) is 0. The molecule has 0 aliphatic rings. The van der Waals surface area contributed by atoms with E-state index in [1.165, 1.54) is 23.9 Å². The topological polar surface area (TPSA) is 102 Å². The molecule has 3 N–H and O–H groups in total. The van der Waals surface area contributed by atoms with Crippen molar-refractivity contribution in [3.05, 3.63) is 29.6 Å². The highest BCUT2D eigenvalue weighted by Gasteiger charge is 2.20. The molecule has 21 heavy (non-hydrogen) atoms. The van der Waals surface area contributed by atoms with Crippen molar-refractivity contribution in [1.82, 2.24) is 5.32 Å². The van der Waals surface area contributed by atoms with E-state index in [9.17, 15) is 14.0 Å². The highest BCUT2D eigenvalue weighted by Crippen LogP contribution is 2.17. The van der Waals surface area contributed by atoms with E-state index in [-0.39, 0.29) is 17.7 Å². The molecule has 1 aromatic rings. The van der Waals surface area contributed by atoms with Crippen LogP contribution in [0.15, 0.2) is 18.2 Å². The molecule has 1 rings (SSSR count). The number of aliphatic carboxylic acids is 1. The first-order valence-corrected chi connectivity index (χ1v) is 7.36. The van der Waals surface area contributed by atoms with Crippen molar-refractivity contribution in [2.75, 3.05) is 17.3 Å². The molecule has 2 amide bonds. The fourth-order valence-electron chi connectivity index (χ4n) is 1.55. The van der Waals surface area contributed by atoms with Gasteiger partial charge in [-0.3, -0.25) is 0 Å². The van der Waals surface area contributed by atoms with Crippen LogP contribution in [0.3, 0.4) is 0 Å². The number of nitrogens with zero attached hydrogens (tertiary/aromatic N) is 1. The van der Waals surface area contributed by atoms with E-state index in [1.807, 2.05) is 6.26 Å². The van der Waals surface area contributed by atoms with Gasteiger partial charge in [0.15, 0.2) is 0 Å². The Morgan fingerprint density at radius 3 is 2.81 bits per heavy atom. The Labute approximate surface area is 125 Å². The Bertz CT molecular complexity index is 574. The van der Waals surface area contributed by atoms with Crippen LogP contribution in [0.2, 0.25) is 0 Å². The van der Waals surface area contributed by atoms with Gasteiger partial charge in [-0.2, -0.15) is 17.0 Å². The Hall–Kier alpha value is -2.27. The molecular formula is C13H14FN3O3S. The number of benzene rings is 1. The number of anilines is 1. The minimum atomic E-state index is -1.15. The van der Waals surface area contributed by atoms with Crippen molar-refractivity contribution >= 4 is 29.4 Å². The molecule has 6 nitrogen and oxygen atoms in total. The summed E-state index contributed by atoms with van der Waals surface area (Å²) in [6.07, 6.45) is 2.09. The predicted octanol–water partition coefficient (Wildman–Crippen LogP) is 2.03. The van der Waals surface area contributed by atoms with Gasteiger partial charge in [-0.25, -0.2) is 14.0 Å². The molecule has 0 unspecified atom stereocenters. The normalized spacial score (nSPS) is 11.3. The molecule has 0 aromatic heterocycles. The molecule has 0 aliphatic heterocycles. The minimum Gasteiger partial charge on any atom is -0.480 e. The second kappa shape index (κ2) is 8.11. The molecule has 8 heteroatoms. The lowest BCUT2D eigenvalue weighted by atomic mass is 10.2. The van der Waals surface area contributed by atoms with E-state index in [1.54, 1.807) is 6.07 Å². The minimum absolute atomic E-state index is 0.0102. The summed E-state index contributed by atoms with van der Waals surface area (Å²) >= 11 is 1.46. The van der Waals surface area contributed by atoms with Gasteiger partial charge in [-0.05, 0) is 30.6 Å². The van der Waals surface area contributed by atoms with Crippen LogP contribution >= 0.6 is 11.8 Å². The van der Waals surface area contributed by atoms with Gasteiger partial charge in [0.25, 0.3) is 0 Å². The first-order chi connectivity index (χ1) is 9.99. The maximum absolute atomic E-state index is 13.4. The molecular weight excluding hydrogens is 297 g/mol. The number of carbonyl (C=O) groups excluding carboxylic acids is 1. The third-order valence-corrected chi connectivity index (χ3v) is 3.23. The summed E-state index contributed by atoms with van der Waals surface area (Å²) in [6.45, 7) is 0. The Kier molecular flexibility index (Phi) is 6.49. The van der Waals surface area contributed by atoms with Crippen LogP contribution in [-0.4, -0.2) is 35.2 Å². The third kappa shape index (κ3) is 4.96. The van der Waals surface area contributed by atoms with Crippen molar-refractivity contribution in [2.24, 2.45) is 0 Å². The third-order valence-electron chi connectivity index (χ3n) is 2.59. The zero-order valence-corrected chi connectivity index (χ0v) is 12.0. The first-order valence-electron chi connectivity index (χ1n) is 5.97. The van der Waals surface area contributed by atoms with E-state index < -0.39 is 23.9 Å². The van der Waals surface area contributed by atoms with Crippen molar-refractivity contribution in [3.8, 4) is 6.07 Å². The Morgan fingerprint density at radius 2 is 2.24 bits per heavy atom. The summed E-state index contributed by atoms with van der Waals surface area (Å²) in [5.74, 6) is -1.34. The lowest BCUT2D eigenvalue weighted by molar-refractivity contribution is -0.139. The summed E-state index contributed by atoms with van der Waals surface area (Å²) in [5, 5.41) is 22.4. The van der Waals surface area contributed by atoms with Gasteiger partial charge in [-0.1, -0.05) is 6.07 Å². The molecule has 1 aromatic carbocycles. The standard InChI is InChI=1S/C13H14FN3O3S/c1-21-6-5-11(12(18)19)17-13(20)16-10-4-2-3-9(14)8(10)7-15/h2-4,11H,5-6H2,1H3,(H,18,19)(H2,16,17,20)/t11-/m0/s1. The average Bonchev–Trinajstić information content (AvgIpc) is 2.43. The maximum atomic E-state index is 13.4. The second-order valence-electron chi connectivity index (χ2n) is 4.04. The number of carboxylic acid groups (broad SMARTS) is 1. The molecule has 0 aliphatic carbocycles. The van der Waals surface area contributed by atoms with E-state index in [2.05, 4.69) is 10.6 Å². The van der Waals surface area contributed by atoms with Crippen LogP contribution < -0.4 is 10.6 Å². The van der Waals surface area contributed by atoms with Gasteiger partial charge in [0, 0.05) is 0 Å². The molecule has 0 radical (unpaired) electrons. The van der Waals surface area contributed by atoms with Crippen molar-refractivity contribution in [1.29, 1.82) is 5.26 Å². The second-order valence-corrected chi connectivity index (χ2v) is 5.03. The molecule has 0 bridgehead atoms. The average molecular weight is 311 g/mol. The number of halogens is 1. The van der Waals surface area contributed by atoms with Crippen molar-refractivity contribution in [2.45, 2.75) is 12.5 Å². The van der Waals surface area contributed by atoms with Crippen LogP contribution in [0.25, 0.3) is 0 Å². The quantitative estimate of drug-likeness (QED) is 0.746. The smallest absolute Gasteiger partial charge is 0.326 e. The molecule has 0 saturated heterocycles. The van der Waals surface area contributed by atoms with Gasteiger partial charge in [-0.15, -0.1) is 0 Å². The molecule has 0 fully saturated rings. The zero-order chi connectivity index (χ0) is 15.8. The predicted molar refractivity (Wildman–Crippen MR) is 77.7 cm³/mol. The monoisotopic (exact) mass is 311 g/mol. The van der Waals surface area contributed by atoms with Crippen LogP contribution in [0.4, 0.5) is 14.9 Å². The fraction of sp³-hybridized carbons (Fsp3) is 0.308. The number of amides is 2. The number of rotatable bonds is 6. The zero-order valence-electron chi connectivity index (χ0n) is 11.2. The number of hydrogen-bond acceptors (Lipinski definition) is 4. The Balaban J connectivity index is 2.75. The SMILES string of the molecule is CSCC[C@H](NC(=O)Nc1cccc(F)c1C#N)C(=O)O. The first kappa shape index (κ1) is 16.8. The summed E-state index contributed by atoms with van der Waals surface area (Å²) < 4.78 is 13.4. The summed E-state index contributed by atoms with van der Waals surface area (Å²) in [6, 6.07) is 3.60. The van der Waals surface area contributed by atoms with Gasteiger partial charge >= 0.3 is 12.0 Å². The molecule has 0 saturated carbocycles. The van der Waals surface area contributed by atoms with Gasteiger partial charge in [0.2, 0.25) is 0 Å². The molecule has 0 heterocycles. The highest BCUT2D eigenvalue weighted by molar-refractivity contribution is 7.98. The van der Waals surface area contributed by atoms with E-state index >= 15 is 0 Å². The number of urea groups is 1. The lowest BCUT2D eigenvalue weighted by Crippen LogP contribution is -2.43. The van der Waals surface area contributed by atoms with Gasteiger partial charge in [0.1, 0.15) is 23.5 Å². The highest BCUT2D eigenvalue weighted by atomic mass is 32.2. The fourth-order valence-corrected chi connectivity index (χ4v) is 2.02. The lowest BCUT2D eigenvalue weighted by Gasteiger charge is -2.15. The van der Waals surface area contributed by atoms with Crippen LogP contribution in [-0.2, 0) is 4.79 Å². The van der Waals surface area contributed by atoms with Crippen LogP contribution in [0, 0.1) is 17.1 Å². The largest absolute Gasteiger partial charge is 0.480 e. The molecule has 0 spiro atoms. The number of nitrogens with one attached hydrogen (secondary N) is 2. The molecule has 1 atom stereocenters. The van der Waals surface area contributed by atoms with Gasteiger partial charge in [0.05, 0.1) is 5.69 Å². The van der Waals surface area contributed by atoms with Crippen LogP contribution in [0.1, 0.15) is 12.0 Å². The van der Waals surface area contributed by atoms with Crippen LogP contribution in [0.5, 0.6) is 0 Å². The van der Waals surface area contributed by atoms with E-state index in [0.29, 0.717) is 5.75 Å². The van der Waals surface area contributed by atoms with E-state index in [4.69, 9.17) is 10.4 Å². The molecule has 112 valence electrons. The van der Waals surface area contributed by atoms with Crippen molar-refractivity contribution < 1.29 is 19.1 Å². The Morgan fingerprint density at radius 1 is 1.52 bits per heavy atom. The summed E-state index contributed by atoms with van der Waals surface area (Å²) in [4.78, 5) is 22.8. The number of carboxylic acids is 1. The number of thioether (sulfide) groups is 1. The van der Waals surface area contributed by atoms with Crippen molar-refractivity contribution in [3.63, 3.8) is 0 Å². The number of carbonyl (C=O) groups is 2. The van der Waals surface area contributed by atoms with Gasteiger partial charge < -0.3 is 15.7 Å². The number of hydrogen-bond donors (Lipinski definition) is 3. The summed E-state index contributed by atoms with van der Waals surface area (Å²) in [5.41, 5.74) is -0.312. The van der Waals surface area contributed by atoms with E-state index in [0.717, 1.165) is 6.07 Å². The number of nitriles is 1. The maximum Gasteiger partial charge on any atom is 0.326 e.